The summed E-state index contributed by atoms with van der Waals surface area (Å²) in [5.74, 6) is -0.185. The predicted octanol–water partition coefficient (Wildman–Crippen LogP) is 0.927. The third kappa shape index (κ3) is 2.54. The zero-order valence-corrected chi connectivity index (χ0v) is 7.11. The van der Waals surface area contributed by atoms with Gasteiger partial charge in [0, 0.05) is 0 Å². The lowest BCUT2D eigenvalue weighted by Crippen LogP contribution is -2.36. The fraction of sp³-hybridized carbons (Fsp3) is 0.833. The second-order valence-electron chi connectivity index (χ2n) is 2.35. The van der Waals surface area contributed by atoms with Gasteiger partial charge in [0.25, 0.3) is 0 Å². The van der Waals surface area contributed by atoms with Crippen molar-refractivity contribution in [1.29, 1.82) is 0 Å². The highest BCUT2D eigenvalue weighted by atomic mass is 35.5. The summed E-state index contributed by atoms with van der Waals surface area (Å²) in [7, 11) is 1.34. The maximum Gasteiger partial charge on any atom is 0.324 e. The Bertz CT molecular complexity index is 116. The Hall–Kier alpha value is -0.280. The van der Waals surface area contributed by atoms with E-state index < -0.39 is 6.04 Å². The largest absolute Gasteiger partial charge is 0.468 e. The van der Waals surface area contributed by atoms with Crippen LogP contribution in [-0.2, 0) is 9.53 Å². The van der Waals surface area contributed by atoms with E-state index in [1.54, 1.807) is 0 Å². The Labute approximate surface area is 65.8 Å². The van der Waals surface area contributed by atoms with Crippen LogP contribution < -0.4 is 4.84 Å². The van der Waals surface area contributed by atoms with E-state index in [9.17, 15) is 4.79 Å². The van der Waals surface area contributed by atoms with E-state index in [0.717, 1.165) is 0 Å². The molecule has 1 N–H and O–H groups in total. The zero-order chi connectivity index (χ0) is 8.15. The summed E-state index contributed by atoms with van der Waals surface area (Å²) in [4.78, 5) is 13.2. The molecule has 0 aliphatic rings. The summed E-state index contributed by atoms with van der Waals surface area (Å²) in [6, 6.07) is -0.410. The van der Waals surface area contributed by atoms with Crippen LogP contribution >= 0.6 is 11.8 Å². The molecule has 0 saturated carbocycles. The molecule has 10 heavy (non-hydrogen) atoms. The van der Waals surface area contributed by atoms with Crippen molar-refractivity contribution in [3.63, 3.8) is 0 Å². The van der Waals surface area contributed by atoms with E-state index in [1.807, 2.05) is 13.8 Å². The second kappa shape index (κ2) is 4.52. The fourth-order valence-electron chi connectivity index (χ4n) is 0.570. The number of nitrogens with one attached hydrogen (secondary N) is 1. The Kier molecular flexibility index (Phi) is 4.40. The van der Waals surface area contributed by atoms with Crippen LogP contribution in [0.15, 0.2) is 0 Å². The van der Waals surface area contributed by atoms with Crippen molar-refractivity contribution < 1.29 is 9.53 Å². The number of rotatable bonds is 3. The number of hydrogen-bond donors (Lipinski definition) is 1. The first kappa shape index (κ1) is 9.72. The van der Waals surface area contributed by atoms with Gasteiger partial charge in [0.1, 0.15) is 6.04 Å². The van der Waals surface area contributed by atoms with Crippen molar-refractivity contribution in [2.45, 2.75) is 19.9 Å². The summed E-state index contributed by atoms with van der Waals surface area (Å²) < 4.78 is 4.48. The van der Waals surface area contributed by atoms with E-state index in [4.69, 9.17) is 11.8 Å². The molecule has 0 bridgehead atoms. The standard InChI is InChI=1S/C6H12ClNO2/c1-4(2)5(8-7)6(9)10-3/h4-5,8H,1-3H3/t5-/m1/s1. The van der Waals surface area contributed by atoms with E-state index in [0.29, 0.717) is 0 Å². The number of esters is 1. The highest BCUT2D eigenvalue weighted by molar-refractivity contribution is 6.14. The van der Waals surface area contributed by atoms with Crippen molar-refractivity contribution in [3.05, 3.63) is 0 Å². The lowest BCUT2D eigenvalue weighted by Gasteiger charge is -2.14. The minimum Gasteiger partial charge on any atom is -0.468 e. The highest BCUT2D eigenvalue weighted by Gasteiger charge is 2.20. The van der Waals surface area contributed by atoms with Gasteiger partial charge in [-0.3, -0.25) is 4.79 Å². The van der Waals surface area contributed by atoms with Crippen LogP contribution in [0.2, 0.25) is 0 Å². The van der Waals surface area contributed by atoms with E-state index in [1.165, 1.54) is 7.11 Å². The smallest absolute Gasteiger partial charge is 0.324 e. The van der Waals surface area contributed by atoms with Gasteiger partial charge < -0.3 is 4.74 Å². The van der Waals surface area contributed by atoms with Gasteiger partial charge in [0.15, 0.2) is 0 Å². The average Bonchev–Trinajstić information content (AvgIpc) is 1.88. The summed E-state index contributed by atoms with van der Waals surface area (Å²) >= 11 is 5.29. The van der Waals surface area contributed by atoms with Gasteiger partial charge in [-0.1, -0.05) is 13.8 Å². The predicted molar refractivity (Wildman–Crippen MR) is 39.6 cm³/mol. The molecule has 0 aliphatic carbocycles. The summed E-state index contributed by atoms with van der Waals surface area (Å²) in [5, 5.41) is 0. The Morgan fingerprint density at radius 1 is 1.60 bits per heavy atom. The molecule has 0 aromatic carbocycles. The quantitative estimate of drug-likeness (QED) is 0.500. The number of ether oxygens (including phenoxy) is 1. The lowest BCUT2D eigenvalue weighted by molar-refractivity contribution is -0.143. The molecule has 3 nitrogen and oxygen atoms in total. The zero-order valence-electron chi connectivity index (χ0n) is 6.35. The third-order valence-corrected chi connectivity index (χ3v) is 1.47. The third-order valence-electron chi connectivity index (χ3n) is 1.24. The fourth-order valence-corrected chi connectivity index (χ4v) is 0.911. The number of hydrogen-bond acceptors (Lipinski definition) is 3. The molecular formula is C6H12ClNO2. The molecule has 0 unspecified atom stereocenters. The first-order valence-electron chi connectivity index (χ1n) is 3.07. The molecular weight excluding hydrogens is 154 g/mol. The van der Waals surface area contributed by atoms with Gasteiger partial charge >= 0.3 is 5.97 Å². The monoisotopic (exact) mass is 165 g/mol. The van der Waals surface area contributed by atoms with E-state index in [-0.39, 0.29) is 11.9 Å². The van der Waals surface area contributed by atoms with Crippen LogP contribution in [0.25, 0.3) is 0 Å². The maximum absolute atomic E-state index is 10.8. The molecule has 0 heterocycles. The number of methoxy groups -OCH3 is 1. The van der Waals surface area contributed by atoms with E-state index in [2.05, 4.69) is 9.57 Å². The van der Waals surface area contributed by atoms with Gasteiger partial charge in [-0.15, -0.1) is 0 Å². The van der Waals surface area contributed by atoms with Gasteiger partial charge in [0.2, 0.25) is 0 Å². The van der Waals surface area contributed by atoms with Crippen LogP contribution in [0.5, 0.6) is 0 Å². The minimum atomic E-state index is -0.410. The molecule has 0 rings (SSSR count). The average molecular weight is 166 g/mol. The summed E-state index contributed by atoms with van der Waals surface area (Å²) in [6.45, 7) is 3.77. The molecule has 0 amide bonds. The van der Waals surface area contributed by atoms with Gasteiger partial charge in [0.05, 0.1) is 7.11 Å². The van der Waals surface area contributed by atoms with Crippen LogP contribution in [0.3, 0.4) is 0 Å². The number of carbonyl (C=O) groups excluding carboxylic acids is 1. The molecule has 0 aliphatic heterocycles. The van der Waals surface area contributed by atoms with Gasteiger partial charge in [-0.2, -0.15) is 0 Å². The molecule has 4 heteroatoms. The molecule has 0 fully saturated rings. The topological polar surface area (TPSA) is 38.3 Å². The lowest BCUT2D eigenvalue weighted by atomic mass is 10.1. The van der Waals surface area contributed by atoms with Gasteiger partial charge in [-0.25, -0.2) is 4.84 Å². The molecule has 0 aromatic rings. The molecule has 0 radical (unpaired) electrons. The Morgan fingerprint density at radius 3 is 2.20 bits per heavy atom. The van der Waals surface area contributed by atoms with Crippen molar-refractivity contribution in [2.24, 2.45) is 5.92 Å². The number of halogens is 1. The van der Waals surface area contributed by atoms with Crippen LogP contribution in [0.4, 0.5) is 0 Å². The van der Waals surface area contributed by atoms with Crippen LogP contribution in [-0.4, -0.2) is 19.1 Å². The SMILES string of the molecule is COC(=O)[C@H](NCl)C(C)C. The second-order valence-corrected chi connectivity index (χ2v) is 2.57. The van der Waals surface area contributed by atoms with Gasteiger partial charge in [-0.05, 0) is 17.7 Å². The molecule has 0 spiro atoms. The van der Waals surface area contributed by atoms with Crippen LogP contribution in [0, 0.1) is 5.92 Å². The molecule has 0 saturated heterocycles. The van der Waals surface area contributed by atoms with Crippen molar-refractivity contribution in [3.8, 4) is 0 Å². The van der Waals surface area contributed by atoms with Crippen LogP contribution in [0.1, 0.15) is 13.8 Å². The molecule has 60 valence electrons. The summed E-state index contributed by atoms with van der Waals surface area (Å²) in [6.07, 6.45) is 0. The first-order valence-corrected chi connectivity index (χ1v) is 3.45. The van der Waals surface area contributed by atoms with Crippen molar-refractivity contribution in [1.82, 2.24) is 4.84 Å². The Balaban J connectivity index is 3.93. The molecule has 1 atom stereocenters. The van der Waals surface area contributed by atoms with E-state index >= 15 is 0 Å². The Morgan fingerprint density at radius 2 is 2.10 bits per heavy atom. The maximum atomic E-state index is 10.8. The highest BCUT2D eigenvalue weighted by Crippen LogP contribution is 2.03. The normalized spacial score (nSPS) is 13.3. The first-order chi connectivity index (χ1) is 4.63. The summed E-state index contributed by atoms with van der Waals surface area (Å²) in [5.41, 5.74) is 0. The minimum absolute atomic E-state index is 0.143. The number of carbonyl (C=O) groups is 1. The van der Waals surface area contributed by atoms with Crippen molar-refractivity contribution >= 4 is 17.7 Å². The molecule has 0 aromatic heterocycles. The van der Waals surface area contributed by atoms with Crippen molar-refractivity contribution in [2.75, 3.05) is 7.11 Å².